The first-order chi connectivity index (χ1) is 14.5. The maximum Gasteiger partial charge on any atom is 0.282 e. The van der Waals surface area contributed by atoms with Crippen LogP contribution in [-0.2, 0) is 6.42 Å². The topological polar surface area (TPSA) is 98.5 Å². The van der Waals surface area contributed by atoms with Crippen LogP contribution in [0.5, 0.6) is 5.75 Å². The summed E-state index contributed by atoms with van der Waals surface area (Å²) < 4.78 is 5.56. The third kappa shape index (κ3) is 5.08. The van der Waals surface area contributed by atoms with E-state index in [1.807, 2.05) is 19.1 Å². The van der Waals surface area contributed by atoms with Gasteiger partial charge in [-0.05, 0) is 30.2 Å². The highest BCUT2D eigenvalue weighted by atomic mass is 16.6. The quantitative estimate of drug-likeness (QED) is 0.334. The van der Waals surface area contributed by atoms with Crippen molar-refractivity contribution in [1.82, 2.24) is 0 Å². The normalized spacial score (nSPS) is 10.3. The summed E-state index contributed by atoms with van der Waals surface area (Å²) in [5, 5.41) is 13.7. The smallest absolute Gasteiger partial charge is 0.282 e. The van der Waals surface area contributed by atoms with Gasteiger partial charge < -0.3 is 10.1 Å². The molecule has 1 amide bonds. The SMILES string of the molecule is CCc1ccc(C(=O)COc2cccc(NC(=O)c3ccccc3[N+](=O)[O-])c2)cc1. The molecule has 0 heterocycles. The number of nitrogens with one attached hydrogen (secondary N) is 1. The fraction of sp³-hybridized carbons (Fsp3) is 0.130. The van der Waals surface area contributed by atoms with E-state index in [4.69, 9.17) is 4.74 Å². The largest absolute Gasteiger partial charge is 0.485 e. The number of Topliss-reactive ketones (excluding diaryl/α,β-unsaturated/α-hetero) is 1. The van der Waals surface area contributed by atoms with E-state index in [-0.39, 0.29) is 23.6 Å². The molecule has 0 fully saturated rings. The van der Waals surface area contributed by atoms with Crippen LogP contribution in [0, 0.1) is 10.1 Å². The molecule has 7 nitrogen and oxygen atoms in total. The first kappa shape index (κ1) is 20.7. The molecule has 0 aliphatic rings. The molecule has 3 rings (SSSR count). The molecule has 0 saturated heterocycles. The first-order valence-electron chi connectivity index (χ1n) is 9.37. The lowest BCUT2D eigenvalue weighted by Gasteiger charge is -2.09. The number of hydrogen-bond acceptors (Lipinski definition) is 5. The predicted octanol–water partition coefficient (Wildman–Crippen LogP) is 4.67. The second-order valence-electron chi connectivity index (χ2n) is 6.52. The highest BCUT2D eigenvalue weighted by molar-refractivity contribution is 6.07. The van der Waals surface area contributed by atoms with E-state index in [0.29, 0.717) is 17.0 Å². The van der Waals surface area contributed by atoms with E-state index in [2.05, 4.69) is 5.32 Å². The molecular formula is C23H20N2O5. The summed E-state index contributed by atoms with van der Waals surface area (Å²) in [4.78, 5) is 35.3. The summed E-state index contributed by atoms with van der Waals surface area (Å²) in [5.74, 6) is -0.368. The monoisotopic (exact) mass is 404 g/mol. The van der Waals surface area contributed by atoms with Crippen LogP contribution in [-0.4, -0.2) is 23.2 Å². The van der Waals surface area contributed by atoms with Gasteiger partial charge in [-0.15, -0.1) is 0 Å². The molecule has 0 aromatic heterocycles. The van der Waals surface area contributed by atoms with Gasteiger partial charge in [0.05, 0.1) is 4.92 Å². The van der Waals surface area contributed by atoms with Crippen LogP contribution in [0.2, 0.25) is 0 Å². The van der Waals surface area contributed by atoms with Crippen LogP contribution in [0.25, 0.3) is 0 Å². The minimum atomic E-state index is -0.605. The van der Waals surface area contributed by atoms with Crippen molar-refractivity contribution in [3.63, 3.8) is 0 Å². The summed E-state index contributed by atoms with van der Waals surface area (Å²) in [7, 11) is 0. The van der Waals surface area contributed by atoms with Crippen molar-refractivity contribution in [2.24, 2.45) is 0 Å². The Morgan fingerprint density at radius 2 is 1.73 bits per heavy atom. The zero-order valence-electron chi connectivity index (χ0n) is 16.3. The highest BCUT2D eigenvalue weighted by Gasteiger charge is 2.19. The Morgan fingerprint density at radius 1 is 1.00 bits per heavy atom. The number of para-hydroxylation sites is 1. The van der Waals surface area contributed by atoms with Crippen molar-refractivity contribution in [3.05, 3.63) is 99.6 Å². The van der Waals surface area contributed by atoms with Crippen LogP contribution in [0.4, 0.5) is 11.4 Å². The molecule has 0 atom stereocenters. The van der Waals surface area contributed by atoms with Crippen molar-refractivity contribution in [3.8, 4) is 5.75 Å². The number of carbonyl (C=O) groups is 2. The molecule has 0 bridgehead atoms. The summed E-state index contributed by atoms with van der Waals surface area (Å²) >= 11 is 0. The molecule has 0 spiro atoms. The van der Waals surface area contributed by atoms with Gasteiger partial charge in [0, 0.05) is 23.4 Å². The summed E-state index contributed by atoms with van der Waals surface area (Å²) in [5.41, 5.74) is 1.79. The van der Waals surface area contributed by atoms with E-state index in [0.717, 1.165) is 12.0 Å². The van der Waals surface area contributed by atoms with E-state index >= 15 is 0 Å². The Kier molecular flexibility index (Phi) is 6.54. The molecule has 152 valence electrons. The van der Waals surface area contributed by atoms with Crippen LogP contribution in [0.3, 0.4) is 0 Å². The molecule has 30 heavy (non-hydrogen) atoms. The van der Waals surface area contributed by atoms with Crippen LogP contribution in [0.15, 0.2) is 72.8 Å². The van der Waals surface area contributed by atoms with Gasteiger partial charge in [-0.2, -0.15) is 0 Å². The third-order valence-corrected chi connectivity index (χ3v) is 4.49. The number of nitro benzene ring substituents is 1. The number of nitro groups is 1. The Bertz CT molecular complexity index is 1080. The lowest BCUT2D eigenvalue weighted by Crippen LogP contribution is -2.14. The molecule has 1 N–H and O–H groups in total. The maximum absolute atomic E-state index is 12.4. The number of ketones is 1. The maximum atomic E-state index is 12.4. The van der Waals surface area contributed by atoms with Crippen molar-refractivity contribution >= 4 is 23.1 Å². The number of rotatable bonds is 8. The van der Waals surface area contributed by atoms with Crippen molar-refractivity contribution < 1.29 is 19.2 Å². The Labute approximate surface area is 173 Å². The van der Waals surface area contributed by atoms with Crippen LogP contribution in [0.1, 0.15) is 33.2 Å². The van der Waals surface area contributed by atoms with Crippen molar-refractivity contribution in [1.29, 1.82) is 0 Å². The van der Waals surface area contributed by atoms with E-state index in [1.54, 1.807) is 42.5 Å². The van der Waals surface area contributed by atoms with Gasteiger partial charge in [0.25, 0.3) is 11.6 Å². The molecule has 0 unspecified atom stereocenters. The zero-order chi connectivity index (χ0) is 21.5. The van der Waals surface area contributed by atoms with Crippen LogP contribution >= 0.6 is 0 Å². The first-order valence-corrected chi connectivity index (χ1v) is 9.37. The molecule has 0 aliphatic heterocycles. The van der Waals surface area contributed by atoms with Gasteiger partial charge in [0.15, 0.2) is 12.4 Å². The lowest BCUT2D eigenvalue weighted by molar-refractivity contribution is -0.385. The van der Waals surface area contributed by atoms with Gasteiger partial charge >= 0.3 is 0 Å². The minimum Gasteiger partial charge on any atom is -0.485 e. The zero-order valence-corrected chi connectivity index (χ0v) is 16.3. The molecule has 0 saturated carbocycles. The van der Waals surface area contributed by atoms with Gasteiger partial charge in [-0.3, -0.25) is 19.7 Å². The fourth-order valence-electron chi connectivity index (χ4n) is 2.85. The number of hydrogen-bond donors (Lipinski definition) is 1. The van der Waals surface area contributed by atoms with Gasteiger partial charge in [-0.25, -0.2) is 0 Å². The molecule has 0 aliphatic carbocycles. The van der Waals surface area contributed by atoms with E-state index in [9.17, 15) is 19.7 Å². The molecule has 7 heteroatoms. The highest BCUT2D eigenvalue weighted by Crippen LogP contribution is 2.22. The Balaban J connectivity index is 1.65. The number of anilines is 1. The number of ether oxygens (including phenoxy) is 1. The van der Waals surface area contributed by atoms with E-state index in [1.165, 1.54) is 18.2 Å². The van der Waals surface area contributed by atoms with E-state index < -0.39 is 10.8 Å². The van der Waals surface area contributed by atoms with Crippen LogP contribution < -0.4 is 10.1 Å². The molecular weight excluding hydrogens is 384 g/mol. The lowest BCUT2D eigenvalue weighted by atomic mass is 10.1. The standard InChI is InChI=1S/C23H20N2O5/c1-2-16-10-12-17(13-11-16)22(26)15-30-19-7-5-6-18(14-19)24-23(27)20-8-3-4-9-21(20)25(28)29/h3-14H,2,15H2,1H3,(H,24,27). The van der Waals surface area contributed by atoms with Crippen molar-refractivity contribution in [2.75, 3.05) is 11.9 Å². The third-order valence-electron chi connectivity index (χ3n) is 4.49. The second kappa shape index (κ2) is 9.47. The van der Waals surface area contributed by atoms with Crippen molar-refractivity contribution in [2.45, 2.75) is 13.3 Å². The number of aryl methyl sites for hydroxylation is 1. The minimum absolute atomic E-state index is 0.0421. The molecule has 3 aromatic rings. The Morgan fingerprint density at radius 3 is 2.43 bits per heavy atom. The average Bonchev–Trinajstić information content (AvgIpc) is 2.77. The van der Waals surface area contributed by atoms with Gasteiger partial charge in [0.1, 0.15) is 11.3 Å². The predicted molar refractivity (Wildman–Crippen MR) is 113 cm³/mol. The molecule has 3 aromatic carbocycles. The second-order valence-corrected chi connectivity index (χ2v) is 6.52. The number of benzene rings is 3. The summed E-state index contributed by atoms with van der Waals surface area (Å²) in [6.07, 6.45) is 0.898. The number of carbonyl (C=O) groups excluding carboxylic acids is 2. The molecule has 0 radical (unpaired) electrons. The Hall–Kier alpha value is -4.00. The number of amides is 1. The summed E-state index contributed by atoms with van der Waals surface area (Å²) in [6.45, 7) is 1.90. The fourth-order valence-corrected chi connectivity index (χ4v) is 2.85. The summed E-state index contributed by atoms with van der Waals surface area (Å²) in [6, 6.07) is 19.6. The van der Waals surface area contributed by atoms with Gasteiger partial charge in [0.2, 0.25) is 0 Å². The average molecular weight is 404 g/mol. The van der Waals surface area contributed by atoms with Gasteiger partial charge in [-0.1, -0.05) is 49.4 Å². The number of nitrogens with zero attached hydrogens (tertiary/aromatic N) is 1.